The lowest BCUT2D eigenvalue weighted by Crippen LogP contribution is -2.18. The van der Waals surface area contributed by atoms with Crippen LogP contribution in [0.4, 0.5) is 4.39 Å². The number of halogens is 1. The highest BCUT2D eigenvalue weighted by Crippen LogP contribution is 2.29. The molecule has 0 bridgehead atoms. The fourth-order valence-corrected chi connectivity index (χ4v) is 1.60. The van der Waals surface area contributed by atoms with Crippen LogP contribution in [-0.2, 0) is 5.41 Å². The number of rotatable bonds is 1. The highest BCUT2D eigenvalue weighted by atomic mass is 19.1. The number of aryl methyl sites for hydroxylation is 2. The van der Waals surface area contributed by atoms with E-state index in [-0.39, 0.29) is 5.82 Å². The summed E-state index contributed by atoms with van der Waals surface area (Å²) in [5.41, 5.74) is 1.17. The highest BCUT2D eigenvalue weighted by Gasteiger charge is 2.26. The van der Waals surface area contributed by atoms with Gasteiger partial charge >= 0.3 is 0 Å². The van der Waals surface area contributed by atoms with Gasteiger partial charge in [-0.05, 0) is 38.8 Å². The van der Waals surface area contributed by atoms with Gasteiger partial charge in [0.15, 0.2) is 0 Å². The fraction of sp³-hybridized carbons (Fsp3) is 0.417. The smallest absolute Gasteiger partial charge is 0.131 e. The number of hydrogen-bond acceptors (Lipinski definition) is 1. The number of nitrogens with zero attached hydrogens (tertiary/aromatic N) is 1. The Hall–Kier alpha value is -1.36. The first kappa shape index (κ1) is 10.7. The number of nitriles is 1. The zero-order valence-corrected chi connectivity index (χ0v) is 8.98. The second kappa shape index (κ2) is 3.42. The van der Waals surface area contributed by atoms with Crippen LogP contribution in [0.5, 0.6) is 0 Å². The van der Waals surface area contributed by atoms with Crippen molar-refractivity contribution in [2.75, 3.05) is 0 Å². The van der Waals surface area contributed by atoms with Crippen molar-refractivity contribution in [1.82, 2.24) is 0 Å². The molecule has 0 heterocycles. The Morgan fingerprint density at radius 2 is 1.71 bits per heavy atom. The Bertz CT molecular complexity index is 400. The Kier molecular flexibility index (Phi) is 2.62. The maximum absolute atomic E-state index is 13.8. The molecular weight excluding hydrogens is 177 g/mol. The molecule has 1 aromatic carbocycles. The zero-order valence-electron chi connectivity index (χ0n) is 8.98. The Morgan fingerprint density at radius 3 is 2.21 bits per heavy atom. The Morgan fingerprint density at radius 1 is 1.21 bits per heavy atom. The van der Waals surface area contributed by atoms with Gasteiger partial charge in [-0.25, -0.2) is 4.39 Å². The predicted octanol–water partition coefficient (Wildman–Crippen LogP) is 3.24. The Labute approximate surface area is 84.2 Å². The lowest BCUT2D eigenvalue weighted by molar-refractivity contribution is 0.554. The van der Waals surface area contributed by atoms with Crippen LogP contribution in [-0.4, -0.2) is 0 Å². The van der Waals surface area contributed by atoms with Crippen molar-refractivity contribution >= 4 is 0 Å². The van der Waals surface area contributed by atoms with Gasteiger partial charge in [0.1, 0.15) is 5.82 Å². The zero-order chi connectivity index (χ0) is 10.9. The van der Waals surface area contributed by atoms with E-state index in [0.29, 0.717) is 11.1 Å². The van der Waals surface area contributed by atoms with Crippen molar-refractivity contribution in [1.29, 1.82) is 5.26 Å². The van der Waals surface area contributed by atoms with E-state index in [1.807, 2.05) is 13.0 Å². The van der Waals surface area contributed by atoms with Gasteiger partial charge in [-0.3, -0.25) is 0 Å². The van der Waals surface area contributed by atoms with Crippen molar-refractivity contribution in [3.63, 3.8) is 0 Å². The molecule has 0 N–H and O–H groups in total. The first-order chi connectivity index (χ1) is 6.40. The molecule has 0 spiro atoms. The topological polar surface area (TPSA) is 23.8 Å². The van der Waals surface area contributed by atoms with Crippen molar-refractivity contribution in [3.8, 4) is 6.07 Å². The van der Waals surface area contributed by atoms with E-state index in [0.717, 1.165) is 5.56 Å². The molecule has 0 atom stereocenters. The SMILES string of the molecule is Cc1ccc(C)c(C(C)(C)C#N)c1F. The van der Waals surface area contributed by atoms with Crippen LogP contribution in [0.15, 0.2) is 12.1 Å². The van der Waals surface area contributed by atoms with E-state index < -0.39 is 5.41 Å². The summed E-state index contributed by atoms with van der Waals surface area (Å²) in [7, 11) is 0. The summed E-state index contributed by atoms with van der Waals surface area (Å²) in [5, 5.41) is 8.97. The van der Waals surface area contributed by atoms with E-state index in [9.17, 15) is 4.39 Å². The molecule has 0 aliphatic carbocycles. The van der Waals surface area contributed by atoms with Gasteiger partial charge in [0.05, 0.1) is 11.5 Å². The standard InChI is InChI=1S/C12H14FN/c1-8-5-6-9(2)11(13)10(8)12(3,4)7-14/h5-6H,1-4H3. The van der Waals surface area contributed by atoms with Crippen LogP contribution < -0.4 is 0 Å². The van der Waals surface area contributed by atoms with Gasteiger partial charge in [-0.2, -0.15) is 5.26 Å². The highest BCUT2D eigenvalue weighted by molar-refractivity contribution is 5.41. The van der Waals surface area contributed by atoms with Crippen LogP contribution in [0, 0.1) is 31.0 Å². The summed E-state index contributed by atoms with van der Waals surface area (Å²) in [5.74, 6) is -0.253. The number of benzene rings is 1. The quantitative estimate of drug-likeness (QED) is 0.668. The van der Waals surface area contributed by atoms with E-state index in [1.54, 1.807) is 26.8 Å². The maximum atomic E-state index is 13.8. The maximum Gasteiger partial charge on any atom is 0.131 e. The first-order valence-electron chi connectivity index (χ1n) is 4.57. The van der Waals surface area contributed by atoms with Gasteiger partial charge in [-0.1, -0.05) is 12.1 Å². The molecule has 74 valence electrons. The first-order valence-corrected chi connectivity index (χ1v) is 4.57. The minimum absolute atomic E-state index is 0.253. The van der Waals surface area contributed by atoms with Crippen molar-refractivity contribution in [3.05, 3.63) is 34.6 Å². The van der Waals surface area contributed by atoms with Gasteiger partial charge in [0.25, 0.3) is 0 Å². The molecule has 2 heteroatoms. The van der Waals surface area contributed by atoms with Gasteiger partial charge < -0.3 is 0 Å². The summed E-state index contributed by atoms with van der Waals surface area (Å²) >= 11 is 0. The van der Waals surface area contributed by atoms with Crippen molar-refractivity contribution in [2.24, 2.45) is 0 Å². The van der Waals surface area contributed by atoms with Gasteiger partial charge in [0.2, 0.25) is 0 Å². The molecule has 0 aromatic heterocycles. The molecule has 1 rings (SSSR count). The average molecular weight is 191 g/mol. The lowest BCUT2D eigenvalue weighted by atomic mass is 9.82. The third-order valence-electron chi connectivity index (χ3n) is 2.45. The Balaban J connectivity index is 3.49. The molecule has 0 saturated carbocycles. The average Bonchev–Trinajstić information content (AvgIpc) is 2.12. The van der Waals surface area contributed by atoms with Crippen molar-refractivity contribution < 1.29 is 4.39 Å². The molecule has 0 saturated heterocycles. The summed E-state index contributed by atoms with van der Waals surface area (Å²) in [6, 6.07) is 5.72. The van der Waals surface area contributed by atoms with Crippen LogP contribution in [0.3, 0.4) is 0 Å². The molecule has 0 fully saturated rings. The second-order valence-corrected chi connectivity index (χ2v) is 4.13. The third kappa shape index (κ3) is 1.63. The summed E-state index contributed by atoms with van der Waals surface area (Å²) in [6.07, 6.45) is 0. The second-order valence-electron chi connectivity index (χ2n) is 4.13. The molecule has 0 amide bonds. The number of hydrogen-bond donors (Lipinski definition) is 0. The van der Waals surface area contributed by atoms with Crippen LogP contribution in [0.25, 0.3) is 0 Å². The van der Waals surface area contributed by atoms with E-state index in [2.05, 4.69) is 6.07 Å². The van der Waals surface area contributed by atoms with Gasteiger partial charge in [0, 0.05) is 5.56 Å². The molecule has 0 aliphatic heterocycles. The molecule has 14 heavy (non-hydrogen) atoms. The summed E-state index contributed by atoms with van der Waals surface area (Å²) in [6.45, 7) is 7.01. The van der Waals surface area contributed by atoms with Crippen LogP contribution >= 0.6 is 0 Å². The predicted molar refractivity (Wildman–Crippen MR) is 54.5 cm³/mol. The fourth-order valence-electron chi connectivity index (χ4n) is 1.60. The monoisotopic (exact) mass is 191 g/mol. The van der Waals surface area contributed by atoms with E-state index in [1.165, 1.54) is 0 Å². The lowest BCUT2D eigenvalue weighted by Gasteiger charge is -2.20. The van der Waals surface area contributed by atoms with Crippen LogP contribution in [0.2, 0.25) is 0 Å². The molecule has 1 nitrogen and oxygen atoms in total. The summed E-state index contributed by atoms with van der Waals surface area (Å²) in [4.78, 5) is 0. The van der Waals surface area contributed by atoms with Crippen molar-refractivity contribution in [2.45, 2.75) is 33.1 Å². The minimum Gasteiger partial charge on any atom is -0.206 e. The normalized spacial score (nSPS) is 11.1. The molecular formula is C12H14FN. The molecule has 0 unspecified atom stereocenters. The summed E-state index contributed by atoms with van der Waals surface area (Å²) < 4.78 is 13.8. The molecule has 0 radical (unpaired) electrons. The minimum atomic E-state index is -0.764. The van der Waals surface area contributed by atoms with E-state index >= 15 is 0 Å². The largest absolute Gasteiger partial charge is 0.206 e. The molecule has 0 aliphatic rings. The molecule has 1 aromatic rings. The van der Waals surface area contributed by atoms with E-state index in [4.69, 9.17) is 5.26 Å². The third-order valence-corrected chi connectivity index (χ3v) is 2.45. The van der Waals surface area contributed by atoms with Crippen LogP contribution in [0.1, 0.15) is 30.5 Å². The van der Waals surface area contributed by atoms with Gasteiger partial charge in [-0.15, -0.1) is 0 Å².